The number of nitrogens with zero attached hydrogens (tertiary/aromatic N) is 4. The minimum atomic E-state index is -1.37. The van der Waals surface area contributed by atoms with Crippen molar-refractivity contribution in [1.29, 1.82) is 0 Å². The SMILES string of the molecule is CCc1nccn1CCOc1cc(CN2CCN(C(=O)COC)C[C@@](O)(COc3ccc(F)cc3)C2)ccc1OC. The van der Waals surface area contributed by atoms with Gasteiger partial charge in [0.1, 0.15) is 42.8 Å². The van der Waals surface area contributed by atoms with E-state index in [1.54, 1.807) is 18.2 Å². The van der Waals surface area contributed by atoms with E-state index in [1.165, 1.54) is 31.4 Å². The van der Waals surface area contributed by atoms with Crippen molar-refractivity contribution in [2.75, 3.05) is 60.2 Å². The molecule has 2 aromatic carbocycles. The van der Waals surface area contributed by atoms with Crippen molar-refractivity contribution >= 4 is 5.91 Å². The zero-order valence-corrected chi connectivity index (χ0v) is 23.9. The van der Waals surface area contributed by atoms with Crippen molar-refractivity contribution < 1.29 is 33.2 Å². The largest absolute Gasteiger partial charge is 0.493 e. The summed E-state index contributed by atoms with van der Waals surface area (Å²) in [5.41, 5.74) is -0.404. The Hall–Kier alpha value is -3.67. The van der Waals surface area contributed by atoms with Crippen molar-refractivity contribution in [3.63, 3.8) is 0 Å². The number of hydrogen-bond acceptors (Lipinski definition) is 8. The summed E-state index contributed by atoms with van der Waals surface area (Å²) in [5.74, 6) is 2.12. The second kappa shape index (κ2) is 14.3. The molecule has 1 N–H and O–H groups in total. The summed E-state index contributed by atoms with van der Waals surface area (Å²) in [6.07, 6.45) is 4.57. The maximum Gasteiger partial charge on any atom is 0.248 e. The Labute approximate surface area is 240 Å². The topological polar surface area (TPSA) is 98.5 Å². The third-order valence-electron chi connectivity index (χ3n) is 6.97. The Morgan fingerprint density at radius 2 is 1.88 bits per heavy atom. The molecule has 1 fully saturated rings. The van der Waals surface area contributed by atoms with Gasteiger partial charge in [0.15, 0.2) is 11.5 Å². The van der Waals surface area contributed by atoms with Gasteiger partial charge in [-0.1, -0.05) is 13.0 Å². The Morgan fingerprint density at radius 3 is 2.61 bits per heavy atom. The number of carbonyl (C=O) groups excluding carboxylic acids is 1. The molecule has 41 heavy (non-hydrogen) atoms. The van der Waals surface area contributed by atoms with E-state index >= 15 is 0 Å². The van der Waals surface area contributed by atoms with Crippen LogP contribution < -0.4 is 14.2 Å². The first-order valence-corrected chi connectivity index (χ1v) is 13.7. The van der Waals surface area contributed by atoms with Crippen LogP contribution in [-0.4, -0.2) is 96.2 Å². The number of amides is 1. The van der Waals surface area contributed by atoms with E-state index in [0.717, 1.165) is 17.8 Å². The number of halogens is 1. The average Bonchev–Trinajstić information content (AvgIpc) is 3.35. The number of methoxy groups -OCH3 is 2. The molecule has 1 saturated heterocycles. The molecule has 2 heterocycles. The van der Waals surface area contributed by atoms with E-state index in [9.17, 15) is 14.3 Å². The van der Waals surface area contributed by atoms with Gasteiger partial charge in [-0.25, -0.2) is 9.37 Å². The van der Waals surface area contributed by atoms with Gasteiger partial charge >= 0.3 is 0 Å². The number of ether oxygens (including phenoxy) is 4. The first-order valence-electron chi connectivity index (χ1n) is 13.7. The van der Waals surface area contributed by atoms with E-state index in [-0.39, 0.29) is 38.0 Å². The second-order valence-corrected chi connectivity index (χ2v) is 10.1. The van der Waals surface area contributed by atoms with Gasteiger partial charge < -0.3 is 33.5 Å². The molecule has 10 nitrogen and oxygen atoms in total. The molecule has 0 saturated carbocycles. The third kappa shape index (κ3) is 8.42. The fourth-order valence-electron chi connectivity index (χ4n) is 4.95. The van der Waals surface area contributed by atoms with Crippen LogP contribution in [0.25, 0.3) is 0 Å². The lowest BCUT2D eigenvalue weighted by Gasteiger charge is -2.33. The molecule has 1 amide bonds. The van der Waals surface area contributed by atoms with Crippen LogP contribution in [0, 0.1) is 5.82 Å². The van der Waals surface area contributed by atoms with Gasteiger partial charge in [0.2, 0.25) is 5.91 Å². The van der Waals surface area contributed by atoms with E-state index in [0.29, 0.717) is 50.0 Å². The van der Waals surface area contributed by atoms with Crippen molar-refractivity contribution in [2.45, 2.75) is 32.0 Å². The standard InChI is InChI=1S/C30H39FN4O6/c1-4-28-32-11-12-34(28)15-16-40-27-17-23(5-10-26(27)39-3)18-33-13-14-35(29(36)19-38-2)21-30(37,20-33)22-41-25-8-6-24(31)7-9-25/h5-12,17,37H,4,13-16,18-22H2,1-3H3/t30-/m1/s1. The molecule has 0 bridgehead atoms. The number of aromatic nitrogens is 2. The quantitative estimate of drug-likeness (QED) is 0.335. The lowest BCUT2D eigenvalue weighted by Crippen LogP contribution is -2.52. The van der Waals surface area contributed by atoms with Crippen LogP contribution in [0.5, 0.6) is 17.2 Å². The minimum absolute atomic E-state index is 0.0726. The second-order valence-electron chi connectivity index (χ2n) is 10.1. The first kappa shape index (κ1) is 30.3. The van der Waals surface area contributed by atoms with Gasteiger partial charge in [-0.2, -0.15) is 0 Å². The maximum absolute atomic E-state index is 13.3. The van der Waals surface area contributed by atoms with Gasteiger partial charge in [-0.3, -0.25) is 9.69 Å². The highest BCUT2D eigenvalue weighted by molar-refractivity contribution is 5.77. The molecule has 1 aliphatic heterocycles. The monoisotopic (exact) mass is 570 g/mol. The summed E-state index contributed by atoms with van der Waals surface area (Å²) < 4.78 is 37.9. The molecular weight excluding hydrogens is 531 g/mol. The number of carbonyl (C=O) groups is 1. The van der Waals surface area contributed by atoms with Crippen molar-refractivity contribution in [1.82, 2.24) is 19.4 Å². The summed E-state index contributed by atoms with van der Waals surface area (Å²) in [6.45, 7) is 4.83. The Bertz CT molecular complexity index is 1270. The van der Waals surface area contributed by atoms with Crippen LogP contribution in [0.15, 0.2) is 54.9 Å². The van der Waals surface area contributed by atoms with E-state index in [4.69, 9.17) is 18.9 Å². The van der Waals surface area contributed by atoms with E-state index in [2.05, 4.69) is 21.4 Å². The number of hydrogen-bond donors (Lipinski definition) is 1. The number of aliphatic hydroxyl groups is 1. The van der Waals surface area contributed by atoms with E-state index < -0.39 is 5.60 Å². The average molecular weight is 571 g/mol. The zero-order valence-electron chi connectivity index (χ0n) is 23.9. The minimum Gasteiger partial charge on any atom is -0.493 e. The molecule has 0 unspecified atom stereocenters. The van der Waals surface area contributed by atoms with Crippen LogP contribution in [0.1, 0.15) is 18.3 Å². The lowest BCUT2D eigenvalue weighted by molar-refractivity contribution is -0.138. The Kier molecular flexibility index (Phi) is 10.6. The summed E-state index contributed by atoms with van der Waals surface area (Å²) in [4.78, 5) is 20.7. The smallest absolute Gasteiger partial charge is 0.248 e. The fraction of sp³-hybridized carbons (Fsp3) is 0.467. The van der Waals surface area contributed by atoms with Gasteiger partial charge in [0.25, 0.3) is 0 Å². The van der Waals surface area contributed by atoms with Crippen molar-refractivity contribution in [3.05, 3.63) is 72.1 Å². The predicted molar refractivity (Wildman–Crippen MR) is 151 cm³/mol. The predicted octanol–water partition coefficient (Wildman–Crippen LogP) is 2.77. The van der Waals surface area contributed by atoms with Crippen LogP contribution in [0.2, 0.25) is 0 Å². The van der Waals surface area contributed by atoms with E-state index in [1.807, 2.05) is 24.4 Å². The number of benzene rings is 2. The molecule has 4 rings (SSSR count). The summed E-state index contributed by atoms with van der Waals surface area (Å²) >= 11 is 0. The number of rotatable bonds is 13. The molecule has 1 aromatic heterocycles. The molecule has 1 aliphatic rings. The number of imidazole rings is 1. The first-order chi connectivity index (χ1) is 19.8. The Morgan fingerprint density at radius 1 is 1.07 bits per heavy atom. The molecular formula is C30H39FN4O6. The molecule has 1 atom stereocenters. The number of aryl methyl sites for hydroxylation is 1. The van der Waals surface area contributed by atoms with Crippen LogP contribution in [0.4, 0.5) is 4.39 Å². The normalized spacial score (nSPS) is 17.7. The molecule has 3 aromatic rings. The van der Waals surface area contributed by atoms with Gasteiger partial charge in [0.05, 0.1) is 20.2 Å². The molecule has 0 spiro atoms. The zero-order chi connectivity index (χ0) is 29.2. The summed E-state index contributed by atoms with van der Waals surface area (Å²) in [7, 11) is 3.07. The Balaban J connectivity index is 1.46. The van der Waals surface area contributed by atoms with Crippen molar-refractivity contribution in [3.8, 4) is 17.2 Å². The third-order valence-corrected chi connectivity index (χ3v) is 6.97. The van der Waals surface area contributed by atoms with Gasteiger partial charge in [-0.15, -0.1) is 0 Å². The highest BCUT2D eigenvalue weighted by atomic mass is 19.1. The fourth-order valence-corrected chi connectivity index (χ4v) is 4.95. The molecule has 222 valence electrons. The van der Waals surface area contributed by atoms with Crippen LogP contribution in [0.3, 0.4) is 0 Å². The molecule has 0 aliphatic carbocycles. The summed E-state index contributed by atoms with van der Waals surface area (Å²) in [6, 6.07) is 11.4. The number of β-amino-alcohol motifs (C(OH)–C–C–N with tert-alkyl or cyclic N) is 1. The highest BCUT2D eigenvalue weighted by Crippen LogP contribution is 2.29. The van der Waals surface area contributed by atoms with Gasteiger partial charge in [0, 0.05) is 52.1 Å². The van der Waals surface area contributed by atoms with Crippen molar-refractivity contribution in [2.24, 2.45) is 0 Å². The van der Waals surface area contributed by atoms with Crippen LogP contribution in [-0.2, 0) is 29.0 Å². The summed E-state index contributed by atoms with van der Waals surface area (Å²) in [5, 5.41) is 11.7. The van der Waals surface area contributed by atoms with Crippen LogP contribution >= 0.6 is 0 Å². The lowest BCUT2D eigenvalue weighted by atomic mass is 10.0. The molecule has 0 radical (unpaired) electrons. The maximum atomic E-state index is 13.3. The highest BCUT2D eigenvalue weighted by Gasteiger charge is 2.37. The van der Waals surface area contributed by atoms with Gasteiger partial charge in [-0.05, 0) is 42.0 Å². The molecule has 11 heteroatoms.